The number of rotatable bonds is 8. The molecule has 0 unspecified atom stereocenters. The SMILES string of the molecule is CC(C)n1nccc1C(=O)N[C@H](C(=O)Nc1ccc2c(c1)CCC2=O)C(C1CC1)C1CC1. The van der Waals surface area contributed by atoms with Gasteiger partial charge in [-0.3, -0.25) is 19.1 Å². The average molecular weight is 435 g/mol. The fourth-order valence-corrected chi connectivity index (χ4v) is 5.10. The number of anilines is 1. The van der Waals surface area contributed by atoms with Crippen LogP contribution in [0.3, 0.4) is 0 Å². The molecule has 5 rings (SSSR count). The molecule has 0 aliphatic heterocycles. The summed E-state index contributed by atoms with van der Waals surface area (Å²) >= 11 is 0. The summed E-state index contributed by atoms with van der Waals surface area (Å²) in [5.74, 6) is 0.860. The van der Waals surface area contributed by atoms with Gasteiger partial charge in [-0.1, -0.05) is 0 Å². The first-order valence-corrected chi connectivity index (χ1v) is 11.7. The van der Waals surface area contributed by atoms with Crippen LogP contribution >= 0.6 is 0 Å². The molecule has 32 heavy (non-hydrogen) atoms. The quantitative estimate of drug-likeness (QED) is 0.661. The van der Waals surface area contributed by atoms with Crippen LogP contribution in [0, 0.1) is 17.8 Å². The molecule has 2 amide bonds. The summed E-state index contributed by atoms with van der Waals surface area (Å²) in [5, 5.41) is 10.4. The Hall–Kier alpha value is -2.96. The van der Waals surface area contributed by atoms with Gasteiger partial charge in [-0.05, 0) is 93.5 Å². The molecule has 2 N–H and O–H groups in total. The number of aryl methyl sites for hydroxylation is 1. The fraction of sp³-hybridized carbons (Fsp3) is 0.520. The maximum Gasteiger partial charge on any atom is 0.270 e. The van der Waals surface area contributed by atoms with E-state index >= 15 is 0 Å². The number of hydrogen-bond donors (Lipinski definition) is 2. The van der Waals surface area contributed by atoms with Gasteiger partial charge in [0.2, 0.25) is 5.91 Å². The number of benzene rings is 1. The van der Waals surface area contributed by atoms with Gasteiger partial charge in [-0.15, -0.1) is 0 Å². The van der Waals surface area contributed by atoms with Crippen molar-refractivity contribution >= 4 is 23.3 Å². The highest BCUT2D eigenvalue weighted by Gasteiger charge is 2.48. The van der Waals surface area contributed by atoms with Gasteiger partial charge < -0.3 is 10.6 Å². The molecule has 0 radical (unpaired) electrons. The molecule has 2 fully saturated rings. The van der Waals surface area contributed by atoms with E-state index in [0.29, 0.717) is 36.1 Å². The first-order valence-electron chi connectivity index (χ1n) is 11.7. The van der Waals surface area contributed by atoms with E-state index in [0.717, 1.165) is 36.8 Å². The van der Waals surface area contributed by atoms with Crippen molar-refractivity contribution in [3.63, 3.8) is 0 Å². The predicted octanol–water partition coefficient (Wildman–Crippen LogP) is 3.77. The summed E-state index contributed by atoms with van der Waals surface area (Å²) in [6.07, 6.45) is 7.33. The van der Waals surface area contributed by atoms with Gasteiger partial charge in [0.25, 0.3) is 5.91 Å². The minimum absolute atomic E-state index is 0.0508. The molecule has 1 aromatic heterocycles. The lowest BCUT2D eigenvalue weighted by Crippen LogP contribution is -2.50. The maximum absolute atomic E-state index is 13.5. The van der Waals surface area contributed by atoms with Gasteiger partial charge in [0.05, 0.1) is 0 Å². The van der Waals surface area contributed by atoms with Crippen molar-refractivity contribution in [3.05, 3.63) is 47.3 Å². The molecule has 0 spiro atoms. The summed E-state index contributed by atoms with van der Waals surface area (Å²) < 4.78 is 1.69. The van der Waals surface area contributed by atoms with Crippen molar-refractivity contribution in [1.82, 2.24) is 15.1 Å². The molecule has 2 saturated carbocycles. The van der Waals surface area contributed by atoms with Gasteiger partial charge in [0.1, 0.15) is 11.7 Å². The van der Waals surface area contributed by atoms with Crippen LogP contribution in [0.5, 0.6) is 0 Å². The van der Waals surface area contributed by atoms with Gasteiger partial charge in [0.15, 0.2) is 5.78 Å². The lowest BCUT2D eigenvalue weighted by molar-refractivity contribution is -0.119. The van der Waals surface area contributed by atoms with Crippen molar-refractivity contribution in [2.45, 2.75) is 64.5 Å². The summed E-state index contributed by atoms with van der Waals surface area (Å²) in [5.41, 5.74) is 2.89. The molecule has 1 aromatic carbocycles. The van der Waals surface area contributed by atoms with Crippen LogP contribution in [-0.4, -0.2) is 33.4 Å². The number of nitrogens with zero attached hydrogens (tertiary/aromatic N) is 2. The van der Waals surface area contributed by atoms with E-state index < -0.39 is 6.04 Å². The van der Waals surface area contributed by atoms with Crippen molar-refractivity contribution < 1.29 is 14.4 Å². The Balaban J connectivity index is 1.38. The van der Waals surface area contributed by atoms with Crippen molar-refractivity contribution in [1.29, 1.82) is 0 Å². The highest BCUT2D eigenvalue weighted by atomic mass is 16.2. The van der Waals surface area contributed by atoms with Crippen LogP contribution < -0.4 is 10.6 Å². The Labute approximate surface area is 188 Å². The van der Waals surface area contributed by atoms with Gasteiger partial charge >= 0.3 is 0 Å². The number of nitrogens with one attached hydrogen (secondary N) is 2. The van der Waals surface area contributed by atoms with Crippen LogP contribution in [0.25, 0.3) is 0 Å². The number of carbonyl (C=O) groups is 3. The van der Waals surface area contributed by atoms with E-state index in [9.17, 15) is 14.4 Å². The molecule has 7 heteroatoms. The van der Waals surface area contributed by atoms with Crippen LogP contribution in [-0.2, 0) is 11.2 Å². The molecular formula is C25H30N4O3. The predicted molar refractivity (Wildman–Crippen MR) is 121 cm³/mol. The Morgan fingerprint density at radius 1 is 1.06 bits per heavy atom. The number of aromatic nitrogens is 2. The Bertz CT molecular complexity index is 1050. The van der Waals surface area contributed by atoms with Gasteiger partial charge in [-0.2, -0.15) is 5.10 Å². The lowest BCUT2D eigenvalue weighted by Gasteiger charge is -2.28. The van der Waals surface area contributed by atoms with Gasteiger partial charge in [0, 0.05) is 29.9 Å². The van der Waals surface area contributed by atoms with Crippen LogP contribution in [0.4, 0.5) is 5.69 Å². The largest absolute Gasteiger partial charge is 0.339 e. The van der Waals surface area contributed by atoms with E-state index in [-0.39, 0.29) is 29.6 Å². The van der Waals surface area contributed by atoms with Crippen molar-refractivity contribution in [3.8, 4) is 0 Å². The smallest absolute Gasteiger partial charge is 0.270 e. The Kier molecular flexibility index (Phi) is 5.35. The lowest BCUT2D eigenvalue weighted by atomic mass is 9.88. The molecule has 0 saturated heterocycles. The molecule has 7 nitrogen and oxygen atoms in total. The average Bonchev–Trinajstić information content (AvgIpc) is 3.69. The van der Waals surface area contributed by atoms with Crippen LogP contribution in [0.1, 0.15) is 78.4 Å². The molecule has 2 aromatic rings. The molecule has 3 aliphatic rings. The zero-order valence-corrected chi connectivity index (χ0v) is 18.6. The minimum atomic E-state index is -0.590. The van der Waals surface area contributed by atoms with E-state index in [2.05, 4.69) is 15.7 Å². The molecule has 1 atom stereocenters. The number of fused-ring (bicyclic) bond motifs is 1. The summed E-state index contributed by atoms with van der Waals surface area (Å²) in [6, 6.07) is 6.64. The zero-order valence-electron chi connectivity index (χ0n) is 18.6. The number of hydrogen-bond acceptors (Lipinski definition) is 4. The monoisotopic (exact) mass is 434 g/mol. The van der Waals surface area contributed by atoms with Crippen molar-refractivity contribution in [2.75, 3.05) is 5.32 Å². The van der Waals surface area contributed by atoms with E-state index in [1.165, 1.54) is 0 Å². The number of ketones is 1. The normalized spacial score (nSPS) is 18.7. The van der Waals surface area contributed by atoms with Crippen molar-refractivity contribution in [2.24, 2.45) is 17.8 Å². The second-order valence-corrected chi connectivity index (χ2v) is 9.74. The summed E-state index contributed by atoms with van der Waals surface area (Å²) in [7, 11) is 0. The Morgan fingerprint density at radius 3 is 2.44 bits per heavy atom. The minimum Gasteiger partial charge on any atom is -0.339 e. The van der Waals surface area contributed by atoms with Crippen LogP contribution in [0.2, 0.25) is 0 Å². The van der Waals surface area contributed by atoms with Gasteiger partial charge in [-0.25, -0.2) is 0 Å². The summed E-state index contributed by atoms with van der Waals surface area (Å²) in [6.45, 7) is 3.95. The fourth-order valence-electron chi connectivity index (χ4n) is 5.10. The first-order chi connectivity index (χ1) is 15.4. The van der Waals surface area contributed by atoms with E-state index in [4.69, 9.17) is 0 Å². The molecule has 0 bridgehead atoms. The standard InChI is InChI=1S/C25H30N4O3/c1-14(2)29-20(11-12-26-29)24(31)28-23(22(15-3-4-15)16-5-6-16)25(32)27-18-8-9-19-17(13-18)7-10-21(19)30/h8-9,11-16,22-23H,3-7,10H2,1-2H3,(H,27,32)(H,28,31)/t23-/m0/s1. The van der Waals surface area contributed by atoms with Crippen LogP contribution in [0.15, 0.2) is 30.5 Å². The number of Topliss-reactive ketones (excluding diaryl/α,β-unsaturated/α-hetero) is 1. The third kappa shape index (κ3) is 4.08. The molecule has 1 heterocycles. The molecule has 168 valence electrons. The molecular weight excluding hydrogens is 404 g/mol. The van der Waals surface area contributed by atoms with E-state index in [1.54, 1.807) is 29.1 Å². The second kappa shape index (κ2) is 8.19. The zero-order chi connectivity index (χ0) is 22.4. The maximum atomic E-state index is 13.5. The second-order valence-electron chi connectivity index (χ2n) is 9.74. The number of amides is 2. The Morgan fingerprint density at radius 2 is 1.78 bits per heavy atom. The van der Waals surface area contributed by atoms with E-state index in [1.807, 2.05) is 19.9 Å². The third-order valence-corrected chi connectivity index (χ3v) is 6.97. The highest BCUT2D eigenvalue weighted by Crippen LogP contribution is 2.51. The third-order valence-electron chi connectivity index (χ3n) is 6.97. The highest BCUT2D eigenvalue weighted by molar-refractivity contribution is 6.03. The topological polar surface area (TPSA) is 93.1 Å². The summed E-state index contributed by atoms with van der Waals surface area (Å²) in [4.78, 5) is 38.6. The number of carbonyl (C=O) groups excluding carboxylic acids is 3. The first kappa shape index (κ1) is 20.9. The molecule has 3 aliphatic carbocycles.